The second kappa shape index (κ2) is 9.82. The predicted molar refractivity (Wildman–Crippen MR) is 122 cm³/mol. The molecule has 1 fully saturated rings. The lowest BCUT2D eigenvalue weighted by molar-refractivity contribution is 0.593. The van der Waals surface area contributed by atoms with E-state index >= 15 is 0 Å². The second-order valence-corrected chi connectivity index (χ2v) is 8.95. The average molecular weight is 429 g/mol. The molecule has 4 rings (SSSR count). The van der Waals surface area contributed by atoms with Gasteiger partial charge in [-0.25, -0.2) is 0 Å². The van der Waals surface area contributed by atoms with Crippen LogP contribution in [0.3, 0.4) is 0 Å². The van der Waals surface area contributed by atoms with Crippen LogP contribution < -0.4 is 10.6 Å². The monoisotopic (exact) mass is 428 g/mol. The molecule has 7 heteroatoms. The van der Waals surface area contributed by atoms with Crippen LogP contribution in [0.5, 0.6) is 0 Å². The van der Waals surface area contributed by atoms with Crippen molar-refractivity contribution in [1.82, 2.24) is 25.4 Å². The summed E-state index contributed by atoms with van der Waals surface area (Å²) in [6.07, 6.45) is 9.15. The first kappa shape index (κ1) is 21.2. The van der Waals surface area contributed by atoms with E-state index in [9.17, 15) is 0 Å². The highest BCUT2D eigenvalue weighted by Gasteiger charge is 2.44. The van der Waals surface area contributed by atoms with E-state index in [1.165, 1.54) is 43.5 Å². The maximum atomic E-state index is 6.20. The van der Waals surface area contributed by atoms with Gasteiger partial charge in [-0.2, -0.15) is 0 Å². The van der Waals surface area contributed by atoms with Crippen LogP contribution >= 0.6 is 11.6 Å². The quantitative estimate of drug-likeness (QED) is 0.380. The van der Waals surface area contributed by atoms with Crippen molar-refractivity contribution in [2.45, 2.75) is 70.3 Å². The Morgan fingerprint density at radius 2 is 2.10 bits per heavy atom. The molecule has 1 saturated carbocycles. The highest BCUT2D eigenvalue weighted by molar-refractivity contribution is 6.30. The van der Waals surface area contributed by atoms with E-state index in [1.807, 2.05) is 12.1 Å². The van der Waals surface area contributed by atoms with Gasteiger partial charge in [0, 0.05) is 42.9 Å². The molecule has 1 aromatic carbocycles. The normalized spacial score (nSPS) is 17.9. The SMILES string of the molecule is CCNC(=NCC1(c2cccc(Cl)c2)CC1)NCCCc1nnc2n1CCCCC2. The fourth-order valence-corrected chi connectivity index (χ4v) is 4.45. The molecule has 162 valence electrons. The third-order valence-corrected chi connectivity index (χ3v) is 6.47. The first-order valence-electron chi connectivity index (χ1n) is 11.4. The smallest absolute Gasteiger partial charge is 0.191 e. The summed E-state index contributed by atoms with van der Waals surface area (Å²) in [5.41, 5.74) is 1.47. The summed E-state index contributed by atoms with van der Waals surface area (Å²) in [6, 6.07) is 8.24. The van der Waals surface area contributed by atoms with Crippen molar-refractivity contribution in [1.29, 1.82) is 0 Å². The molecular formula is C23H33ClN6. The minimum absolute atomic E-state index is 0.159. The van der Waals surface area contributed by atoms with Crippen LogP contribution in [0.4, 0.5) is 0 Å². The molecule has 2 heterocycles. The van der Waals surface area contributed by atoms with Gasteiger partial charge in [0.1, 0.15) is 11.6 Å². The molecule has 0 saturated heterocycles. The molecule has 2 N–H and O–H groups in total. The van der Waals surface area contributed by atoms with Crippen LogP contribution in [0.25, 0.3) is 0 Å². The van der Waals surface area contributed by atoms with Gasteiger partial charge in [-0.3, -0.25) is 4.99 Å². The Bertz CT molecular complexity index is 870. The van der Waals surface area contributed by atoms with Gasteiger partial charge in [0.15, 0.2) is 5.96 Å². The Balaban J connectivity index is 1.29. The minimum Gasteiger partial charge on any atom is -0.357 e. The lowest BCUT2D eigenvalue weighted by Crippen LogP contribution is -2.38. The molecule has 0 radical (unpaired) electrons. The van der Waals surface area contributed by atoms with Gasteiger partial charge in [-0.1, -0.05) is 30.2 Å². The molecule has 2 aliphatic rings. The maximum absolute atomic E-state index is 6.20. The maximum Gasteiger partial charge on any atom is 0.191 e. The summed E-state index contributed by atoms with van der Waals surface area (Å²) in [5.74, 6) is 3.19. The Morgan fingerprint density at radius 1 is 1.20 bits per heavy atom. The van der Waals surface area contributed by atoms with Gasteiger partial charge in [0.25, 0.3) is 0 Å². The van der Waals surface area contributed by atoms with Crippen molar-refractivity contribution >= 4 is 17.6 Å². The van der Waals surface area contributed by atoms with Crippen LogP contribution in [0, 0.1) is 0 Å². The molecule has 30 heavy (non-hydrogen) atoms. The Hall–Kier alpha value is -2.08. The number of halogens is 1. The number of aryl methyl sites for hydroxylation is 2. The van der Waals surface area contributed by atoms with E-state index in [2.05, 4.69) is 44.5 Å². The fraction of sp³-hybridized carbons (Fsp3) is 0.609. The zero-order valence-corrected chi connectivity index (χ0v) is 18.7. The summed E-state index contributed by atoms with van der Waals surface area (Å²) in [7, 11) is 0. The number of guanidine groups is 1. The van der Waals surface area contributed by atoms with Crippen LogP contribution in [-0.2, 0) is 24.8 Å². The number of rotatable bonds is 8. The van der Waals surface area contributed by atoms with E-state index in [0.717, 1.165) is 62.2 Å². The number of fused-ring (bicyclic) bond motifs is 1. The van der Waals surface area contributed by atoms with Gasteiger partial charge in [-0.05, 0) is 56.7 Å². The van der Waals surface area contributed by atoms with Gasteiger partial charge in [-0.15, -0.1) is 10.2 Å². The van der Waals surface area contributed by atoms with Gasteiger partial charge in [0.05, 0.1) is 6.54 Å². The molecule has 0 amide bonds. The number of nitrogens with zero attached hydrogens (tertiary/aromatic N) is 4. The molecule has 0 bridgehead atoms. The second-order valence-electron chi connectivity index (χ2n) is 8.51. The standard InChI is InChI=1S/C23H33ClN6/c1-2-25-22(27-17-23(12-13-23)18-8-6-9-19(24)16-18)26-14-7-11-21-29-28-20-10-4-3-5-15-30(20)21/h6,8-9,16H,2-5,7,10-15,17H2,1H3,(H2,25,26,27). The van der Waals surface area contributed by atoms with Crippen molar-refractivity contribution in [2.75, 3.05) is 19.6 Å². The van der Waals surface area contributed by atoms with Crippen LogP contribution in [0.2, 0.25) is 5.02 Å². The molecular weight excluding hydrogens is 396 g/mol. The number of aromatic nitrogens is 3. The summed E-state index contributed by atoms with van der Waals surface area (Å²) in [6.45, 7) is 5.69. The molecule has 2 aromatic rings. The van der Waals surface area contributed by atoms with E-state index < -0.39 is 0 Å². The fourth-order valence-electron chi connectivity index (χ4n) is 4.26. The van der Waals surface area contributed by atoms with Crippen LogP contribution in [-0.4, -0.2) is 40.4 Å². The number of nitrogens with one attached hydrogen (secondary N) is 2. The lowest BCUT2D eigenvalue weighted by atomic mass is 9.96. The number of hydrogen-bond donors (Lipinski definition) is 2. The Kier molecular flexibility index (Phi) is 6.93. The van der Waals surface area contributed by atoms with E-state index in [-0.39, 0.29) is 5.41 Å². The highest BCUT2D eigenvalue weighted by atomic mass is 35.5. The largest absolute Gasteiger partial charge is 0.357 e. The van der Waals surface area contributed by atoms with Gasteiger partial charge in [0.2, 0.25) is 0 Å². The van der Waals surface area contributed by atoms with Crippen molar-refractivity contribution in [3.63, 3.8) is 0 Å². The molecule has 0 unspecified atom stereocenters. The minimum atomic E-state index is 0.159. The van der Waals surface area contributed by atoms with Crippen molar-refractivity contribution in [2.24, 2.45) is 4.99 Å². The third-order valence-electron chi connectivity index (χ3n) is 6.23. The number of benzene rings is 1. The topological polar surface area (TPSA) is 67.1 Å². The van der Waals surface area contributed by atoms with Crippen molar-refractivity contribution < 1.29 is 0 Å². The summed E-state index contributed by atoms with van der Waals surface area (Å²) >= 11 is 6.20. The Morgan fingerprint density at radius 3 is 2.90 bits per heavy atom. The van der Waals surface area contributed by atoms with Crippen molar-refractivity contribution in [3.8, 4) is 0 Å². The first-order chi connectivity index (χ1) is 14.7. The summed E-state index contributed by atoms with van der Waals surface area (Å²) in [5, 5.41) is 16.5. The van der Waals surface area contributed by atoms with E-state index in [1.54, 1.807) is 0 Å². The first-order valence-corrected chi connectivity index (χ1v) is 11.8. The molecule has 1 aromatic heterocycles. The lowest BCUT2D eigenvalue weighted by Gasteiger charge is -2.16. The Labute approximate surface area is 184 Å². The van der Waals surface area contributed by atoms with Crippen molar-refractivity contribution in [3.05, 3.63) is 46.5 Å². The van der Waals surface area contributed by atoms with Crippen LogP contribution in [0.15, 0.2) is 29.3 Å². The average Bonchev–Trinajstić information content (AvgIpc) is 3.50. The number of aliphatic imine (C=N–C) groups is 1. The molecule has 6 nitrogen and oxygen atoms in total. The third kappa shape index (κ3) is 5.15. The van der Waals surface area contributed by atoms with E-state index in [0.29, 0.717) is 0 Å². The molecule has 1 aliphatic heterocycles. The molecule has 1 aliphatic carbocycles. The van der Waals surface area contributed by atoms with E-state index in [4.69, 9.17) is 16.6 Å². The molecule has 0 spiro atoms. The summed E-state index contributed by atoms with van der Waals surface area (Å²) in [4.78, 5) is 4.89. The predicted octanol–water partition coefficient (Wildman–Crippen LogP) is 3.88. The highest BCUT2D eigenvalue weighted by Crippen LogP contribution is 2.48. The van der Waals surface area contributed by atoms with Gasteiger partial charge >= 0.3 is 0 Å². The molecule has 0 atom stereocenters. The summed E-state index contributed by atoms with van der Waals surface area (Å²) < 4.78 is 2.34. The van der Waals surface area contributed by atoms with Crippen LogP contribution in [0.1, 0.15) is 62.7 Å². The zero-order chi connectivity index (χ0) is 20.8. The zero-order valence-electron chi connectivity index (χ0n) is 18.0. The number of hydrogen-bond acceptors (Lipinski definition) is 3. The van der Waals surface area contributed by atoms with Gasteiger partial charge < -0.3 is 15.2 Å².